The van der Waals surface area contributed by atoms with Crippen molar-refractivity contribution in [1.29, 1.82) is 0 Å². The van der Waals surface area contributed by atoms with Crippen molar-refractivity contribution >= 4 is 11.7 Å². The fraction of sp³-hybridized carbons (Fsp3) is 0.619. The lowest BCUT2D eigenvalue weighted by atomic mass is 9.84. The number of nitrogens with one attached hydrogen (secondary N) is 2. The Hall–Kier alpha value is -1.68. The number of Topliss-reactive ketones (excluding diaryl/α,β-unsaturated/α-hetero) is 1. The number of benzene rings is 1. The van der Waals surface area contributed by atoms with E-state index in [1.54, 1.807) is 0 Å². The van der Waals surface area contributed by atoms with Crippen LogP contribution in [0.5, 0.6) is 0 Å². The zero-order valence-electron chi connectivity index (χ0n) is 15.8. The molecule has 25 heavy (non-hydrogen) atoms. The molecule has 1 aliphatic rings. The van der Waals surface area contributed by atoms with Gasteiger partial charge >= 0.3 is 0 Å². The molecule has 2 N–H and O–H groups in total. The second-order valence-corrected chi connectivity index (χ2v) is 7.07. The number of ketones is 1. The summed E-state index contributed by atoms with van der Waals surface area (Å²) >= 11 is 0. The van der Waals surface area contributed by atoms with Crippen molar-refractivity contribution in [2.45, 2.75) is 71.4 Å². The molecule has 4 nitrogen and oxygen atoms in total. The topological polar surface area (TPSA) is 58.2 Å². The summed E-state index contributed by atoms with van der Waals surface area (Å²) in [4.78, 5) is 24.2. The maximum atomic E-state index is 12.3. The highest BCUT2D eigenvalue weighted by atomic mass is 16.1. The van der Waals surface area contributed by atoms with Gasteiger partial charge < -0.3 is 10.6 Å². The first kappa shape index (κ1) is 19.6. The molecule has 138 valence electrons. The second-order valence-electron chi connectivity index (χ2n) is 7.07. The van der Waals surface area contributed by atoms with Crippen molar-refractivity contribution in [3.05, 3.63) is 35.4 Å². The van der Waals surface area contributed by atoms with Crippen LogP contribution in [0.4, 0.5) is 0 Å². The first-order chi connectivity index (χ1) is 12.1. The van der Waals surface area contributed by atoms with Crippen molar-refractivity contribution in [3.8, 4) is 0 Å². The lowest BCUT2D eigenvalue weighted by molar-refractivity contribution is -0.123. The Bertz CT molecular complexity index is 585. The van der Waals surface area contributed by atoms with E-state index < -0.39 is 0 Å². The molecule has 0 heterocycles. The summed E-state index contributed by atoms with van der Waals surface area (Å²) in [6.07, 6.45) is 4.43. The average Bonchev–Trinajstić information content (AvgIpc) is 2.63. The minimum atomic E-state index is 0.0543. The van der Waals surface area contributed by atoms with Crippen LogP contribution in [0, 0.1) is 5.92 Å². The molecule has 0 bridgehead atoms. The Morgan fingerprint density at radius 1 is 1.08 bits per heavy atom. The third-order valence-corrected chi connectivity index (χ3v) is 5.27. The van der Waals surface area contributed by atoms with Gasteiger partial charge in [0.1, 0.15) is 5.78 Å². The van der Waals surface area contributed by atoms with Crippen LogP contribution < -0.4 is 10.6 Å². The number of amides is 1. The molecule has 1 amide bonds. The lowest BCUT2D eigenvalue weighted by Gasteiger charge is -2.32. The Balaban J connectivity index is 1.89. The quantitative estimate of drug-likeness (QED) is 0.710. The Labute approximate surface area is 151 Å². The second kappa shape index (κ2) is 9.71. The number of carbonyl (C=O) groups excluding carboxylic acids is 2. The zero-order valence-corrected chi connectivity index (χ0v) is 15.8. The molecule has 1 aliphatic carbocycles. The molecule has 0 spiro atoms. The van der Waals surface area contributed by atoms with Crippen LogP contribution in [-0.4, -0.2) is 18.2 Å². The van der Waals surface area contributed by atoms with Gasteiger partial charge in [-0.15, -0.1) is 0 Å². The summed E-state index contributed by atoms with van der Waals surface area (Å²) in [7, 11) is 0. The van der Waals surface area contributed by atoms with Crippen LogP contribution in [-0.2, 0) is 9.59 Å². The minimum absolute atomic E-state index is 0.0543. The van der Waals surface area contributed by atoms with Gasteiger partial charge in [0.15, 0.2) is 0 Å². The lowest BCUT2D eigenvalue weighted by Crippen LogP contribution is -2.34. The predicted molar refractivity (Wildman–Crippen MR) is 101 cm³/mol. The third-order valence-electron chi connectivity index (χ3n) is 5.27. The number of hydrogen-bond acceptors (Lipinski definition) is 3. The van der Waals surface area contributed by atoms with Crippen LogP contribution in [0.2, 0.25) is 0 Å². The maximum Gasteiger partial charge on any atom is 0.220 e. The summed E-state index contributed by atoms with van der Waals surface area (Å²) in [5.41, 5.74) is 2.52. The highest BCUT2D eigenvalue weighted by Crippen LogP contribution is 2.35. The molecule has 3 unspecified atom stereocenters. The largest absolute Gasteiger partial charge is 0.349 e. The van der Waals surface area contributed by atoms with Crippen LogP contribution >= 0.6 is 0 Å². The van der Waals surface area contributed by atoms with E-state index in [9.17, 15) is 9.59 Å². The van der Waals surface area contributed by atoms with E-state index in [0.29, 0.717) is 25.3 Å². The highest BCUT2D eigenvalue weighted by Gasteiger charge is 2.27. The molecule has 2 rings (SSSR count). The fourth-order valence-corrected chi connectivity index (χ4v) is 3.56. The molecule has 0 saturated heterocycles. The molecule has 0 saturated carbocycles. The molecule has 0 fully saturated rings. The molecular formula is C21H32N2O2. The number of hydrogen-bond donors (Lipinski definition) is 2. The van der Waals surface area contributed by atoms with Gasteiger partial charge in [-0.1, -0.05) is 45.0 Å². The van der Waals surface area contributed by atoms with Crippen LogP contribution in [0.1, 0.15) is 82.5 Å². The van der Waals surface area contributed by atoms with E-state index in [4.69, 9.17) is 0 Å². The van der Waals surface area contributed by atoms with E-state index in [2.05, 4.69) is 35.8 Å². The standard InChI is InChI=1S/C21H32N2O2/c1-4-15(3)20(24)11-8-12-21(25)23-19-14-13-18(22-5-2)16-9-6-7-10-17(16)19/h6-7,9-10,15,18-19,22H,4-5,8,11-14H2,1-3H3,(H,23,25). The van der Waals surface area contributed by atoms with E-state index in [1.807, 2.05) is 19.9 Å². The minimum Gasteiger partial charge on any atom is -0.349 e. The van der Waals surface area contributed by atoms with Gasteiger partial charge in [-0.2, -0.15) is 0 Å². The van der Waals surface area contributed by atoms with Crippen LogP contribution in [0.3, 0.4) is 0 Å². The average molecular weight is 344 g/mol. The number of fused-ring (bicyclic) bond motifs is 1. The molecule has 3 atom stereocenters. The third kappa shape index (κ3) is 5.40. The Kier molecular flexibility index (Phi) is 7.63. The summed E-state index contributed by atoms with van der Waals surface area (Å²) in [6.45, 7) is 7.05. The normalized spacial score (nSPS) is 20.6. The summed E-state index contributed by atoms with van der Waals surface area (Å²) in [5.74, 6) is 0.432. The molecule has 0 aliphatic heterocycles. The van der Waals surface area contributed by atoms with Gasteiger partial charge in [-0.05, 0) is 43.4 Å². The van der Waals surface area contributed by atoms with Gasteiger partial charge in [0.05, 0.1) is 6.04 Å². The highest BCUT2D eigenvalue weighted by molar-refractivity contribution is 5.82. The first-order valence-corrected chi connectivity index (χ1v) is 9.71. The van der Waals surface area contributed by atoms with Gasteiger partial charge in [-0.25, -0.2) is 0 Å². The summed E-state index contributed by atoms with van der Waals surface area (Å²) in [5, 5.41) is 6.70. The van der Waals surface area contributed by atoms with Crippen LogP contribution in [0.25, 0.3) is 0 Å². The molecule has 0 aromatic heterocycles. The van der Waals surface area contributed by atoms with Gasteiger partial charge in [0.2, 0.25) is 5.91 Å². The number of rotatable bonds is 9. The molecule has 0 radical (unpaired) electrons. The Morgan fingerprint density at radius 2 is 1.72 bits per heavy atom. The molecule has 1 aromatic rings. The fourth-order valence-electron chi connectivity index (χ4n) is 3.56. The van der Waals surface area contributed by atoms with Gasteiger partial charge in [-0.3, -0.25) is 9.59 Å². The summed E-state index contributed by atoms with van der Waals surface area (Å²) < 4.78 is 0. The summed E-state index contributed by atoms with van der Waals surface area (Å²) in [6, 6.07) is 8.85. The SMILES string of the molecule is CCNC1CCC(NC(=O)CCCC(=O)C(C)CC)c2ccccc21. The monoisotopic (exact) mass is 344 g/mol. The Morgan fingerprint density at radius 3 is 2.36 bits per heavy atom. The van der Waals surface area contributed by atoms with Crippen molar-refractivity contribution in [1.82, 2.24) is 10.6 Å². The van der Waals surface area contributed by atoms with Crippen molar-refractivity contribution in [2.75, 3.05) is 6.54 Å². The van der Waals surface area contributed by atoms with E-state index in [0.717, 1.165) is 25.8 Å². The molecular weight excluding hydrogens is 312 g/mol. The van der Waals surface area contributed by atoms with Gasteiger partial charge in [0, 0.05) is 24.8 Å². The van der Waals surface area contributed by atoms with E-state index in [-0.39, 0.29) is 23.7 Å². The van der Waals surface area contributed by atoms with Gasteiger partial charge in [0.25, 0.3) is 0 Å². The molecule has 1 aromatic carbocycles. The number of carbonyl (C=O) groups is 2. The maximum absolute atomic E-state index is 12.3. The van der Waals surface area contributed by atoms with Crippen LogP contribution in [0.15, 0.2) is 24.3 Å². The van der Waals surface area contributed by atoms with E-state index >= 15 is 0 Å². The zero-order chi connectivity index (χ0) is 18.2. The predicted octanol–water partition coefficient (Wildman–Crippen LogP) is 4.07. The molecule has 4 heteroatoms. The smallest absolute Gasteiger partial charge is 0.220 e. The van der Waals surface area contributed by atoms with Crippen molar-refractivity contribution in [3.63, 3.8) is 0 Å². The first-order valence-electron chi connectivity index (χ1n) is 9.71. The van der Waals surface area contributed by atoms with Crippen molar-refractivity contribution < 1.29 is 9.59 Å². The van der Waals surface area contributed by atoms with Crippen molar-refractivity contribution in [2.24, 2.45) is 5.92 Å². The van der Waals surface area contributed by atoms with E-state index in [1.165, 1.54) is 11.1 Å².